The molecular formula is C18H19F3N6O4S. The van der Waals surface area contributed by atoms with Gasteiger partial charge in [-0.2, -0.15) is 13.2 Å². The van der Waals surface area contributed by atoms with Crippen LogP contribution in [0.1, 0.15) is 27.6 Å². The zero-order chi connectivity index (χ0) is 23.1. The van der Waals surface area contributed by atoms with E-state index in [0.29, 0.717) is 10.7 Å². The van der Waals surface area contributed by atoms with Gasteiger partial charge in [-0.1, -0.05) is 0 Å². The molecule has 10 nitrogen and oxygen atoms in total. The van der Waals surface area contributed by atoms with Gasteiger partial charge in [-0.25, -0.2) is 19.9 Å². The molecule has 1 amide bonds. The van der Waals surface area contributed by atoms with Crippen LogP contribution in [0.2, 0.25) is 0 Å². The molecule has 3 atom stereocenters. The summed E-state index contributed by atoms with van der Waals surface area (Å²) < 4.78 is 54.9. The highest BCUT2D eigenvalue weighted by Gasteiger charge is 2.56. The van der Waals surface area contributed by atoms with Gasteiger partial charge in [0.1, 0.15) is 22.1 Å². The number of carbonyl (C=O) groups is 1. The number of fused-ring (bicyclic) bond motifs is 1. The Bertz CT molecular complexity index is 1060. The molecule has 0 spiro atoms. The highest BCUT2D eigenvalue weighted by Crippen LogP contribution is 2.47. The summed E-state index contributed by atoms with van der Waals surface area (Å²) in [4.78, 5) is 29.4. The number of aliphatic imine (C=N–C) groups is 1. The van der Waals surface area contributed by atoms with E-state index in [0.717, 1.165) is 11.3 Å². The molecule has 0 bridgehead atoms. The van der Waals surface area contributed by atoms with Crippen molar-refractivity contribution in [3.8, 4) is 5.88 Å². The largest absolute Gasteiger partial charge is 0.480 e. The molecule has 0 aromatic carbocycles. The van der Waals surface area contributed by atoms with Gasteiger partial charge in [0.25, 0.3) is 11.9 Å². The van der Waals surface area contributed by atoms with Gasteiger partial charge in [-0.15, -0.1) is 11.3 Å². The van der Waals surface area contributed by atoms with Gasteiger partial charge in [-0.05, 0) is 13.3 Å². The number of ether oxygens (including phenoxy) is 3. The quantitative estimate of drug-likeness (QED) is 0.690. The lowest BCUT2D eigenvalue weighted by Crippen LogP contribution is -2.54. The molecule has 32 heavy (non-hydrogen) atoms. The van der Waals surface area contributed by atoms with E-state index in [1.54, 1.807) is 12.3 Å². The van der Waals surface area contributed by atoms with Crippen LogP contribution in [0.15, 0.2) is 16.6 Å². The predicted octanol–water partition coefficient (Wildman–Crippen LogP) is 2.01. The summed E-state index contributed by atoms with van der Waals surface area (Å²) in [5.74, 6) is -0.738. The average Bonchev–Trinajstić information content (AvgIpc) is 3.21. The first-order chi connectivity index (χ1) is 15.1. The first-order valence-corrected chi connectivity index (χ1v) is 10.3. The summed E-state index contributed by atoms with van der Waals surface area (Å²) in [7, 11) is 1.43. The van der Waals surface area contributed by atoms with Crippen LogP contribution in [-0.4, -0.2) is 59.5 Å². The molecule has 4 rings (SSSR count). The van der Waals surface area contributed by atoms with Crippen LogP contribution in [0.5, 0.6) is 5.88 Å². The maximum absolute atomic E-state index is 13.2. The van der Waals surface area contributed by atoms with Crippen LogP contribution >= 0.6 is 11.3 Å². The molecule has 0 radical (unpaired) electrons. The van der Waals surface area contributed by atoms with Crippen LogP contribution in [0.25, 0.3) is 0 Å². The molecule has 2 aromatic heterocycles. The van der Waals surface area contributed by atoms with Gasteiger partial charge in [0, 0.05) is 11.3 Å². The van der Waals surface area contributed by atoms with Crippen molar-refractivity contribution in [3.05, 3.63) is 28.0 Å². The number of anilines is 1. The van der Waals surface area contributed by atoms with Crippen molar-refractivity contribution in [1.82, 2.24) is 15.0 Å². The molecule has 2 aliphatic heterocycles. The lowest BCUT2D eigenvalue weighted by molar-refractivity contribution is -0.249. The summed E-state index contributed by atoms with van der Waals surface area (Å²) >= 11 is 1.13. The third-order valence-corrected chi connectivity index (χ3v) is 6.26. The number of hydrogen-bond acceptors (Lipinski definition) is 10. The van der Waals surface area contributed by atoms with Crippen LogP contribution in [0, 0.1) is 12.8 Å². The number of amides is 1. The maximum atomic E-state index is 13.2. The van der Waals surface area contributed by atoms with E-state index < -0.39 is 29.6 Å². The average molecular weight is 472 g/mol. The zero-order valence-electron chi connectivity index (χ0n) is 17.0. The van der Waals surface area contributed by atoms with Crippen molar-refractivity contribution in [3.63, 3.8) is 0 Å². The fraction of sp³-hybridized carbons (Fsp3) is 0.500. The fourth-order valence-electron chi connectivity index (χ4n) is 3.61. The van der Waals surface area contributed by atoms with E-state index in [1.807, 2.05) is 0 Å². The minimum Gasteiger partial charge on any atom is -0.480 e. The predicted molar refractivity (Wildman–Crippen MR) is 107 cm³/mol. The number of carbonyl (C=O) groups excluding carboxylic acids is 1. The number of amidine groups is 1. The number of thiazole rings is 1. The second-order valence-corrected chi connectivity index (χ2v) is 8.16. The molecule has 1 saturated heterocycles. The first kappa shape index (κ1) is 22.2. The molecule has 2 aromatic rings. The van der Waals surface area contributed by atoms with Crippen molar-refractivity contribution < 1.29 is 32.2 Å². The summed E-state index contributed by atoms with van der Waals surface area (Å²) in [5, 5.41) is 4.54. The van der Waals surface area contributed by atoms with Crippen LogP contribution in [-0.2, 0) is 15.0 Å². The van der Waals surface area contributed by atoms with E-state index in [1.165, 1.54) is 13.3 Å². The SMILES string of the molecule is COc1cnc(C(=O)Nc2csc([C@]34CO[C@@H](C(F)(F)F)C[C@H]3COC(N)=N4)n2)c(C)n1. The Labute approximate surface area is 184 Å². The molecule has 2 aliphatic rings. The lowest BCUT2D eigenvalue weighted by Gasteiger charge is -2.44. The lowest BCUT2D eigenvalue weighted by atomic mass is 9.79. The molecule has 4 heterocycles. The first-order valence-electron chi connectivity index (χ1n) is 9.44. The normalized spacial score (nSPS) is 25.3. The Morgan fingerprint density at radius 3 is 2.88 bits per heavy atom. The molecule has 1 fully saturated rings. The minimum atomic E-state index is -4.50. The van der Waals surface area contributed by atoms with Gasteiger partial charge in [0.15, 0.2) is 6.10 Å². The van der Waals surface area contributed by atoms with Crippen molar-refractivity contribution in [2.75, 3.05) is 25.6 Å². The van der Waals surface area contributed by atoms with Crippen molar-refractivity contribution in [2.24, 2.45) is 16.6 Å². The second-order valence-electron chi connectivity index (χ2n) is 7.30. The van der Waals surface area contributed by atoms with Crippen LogP contribution < -0.4 is 15.8 Å². The molecular weight excluding hydrogens is 453 g/mol. The highest BCUT2D eigenvalue weighted by molar-refractivity contribution is 7.10. The number of aromatic nitrogens is 3. The number of nitrogens with one attached hydrogen (secondary N) is 1. The number of alkyl halides is 3. The molecule has 0 unspecified atom stereocenters. The summed E-state index contributed by atoms with van der Waals surface area (Å²) in [5.41, 5.74) is 4.93. The third kappa shape index (κ3) is 4.07. The number of nitrogens with two attached hydrogens (primary N) is 1. The Hall–Kier alpha value is -3.00. The minimum absolute atomic E-state index is 0.0484. The zero-order valence-corrected chi connectivity index (χ0v) is 17.8. The number of aryl methyl sites for hydroxylation is 1. The summed E-state index contributed by atoms with van der Waals surface area (Å²) in [6, 6.07) is -0.153. The van der Waals surface area contributed by atoms with Gasteiger partial charge in [-0.3, -0.25) is 4.79 Å². The molecule has 0 saturated carbocycles. The smallest absolute Gasteiger partial charge is 0.414 e. The topological polar surface area (TPSA) is 134 Å². The van der Waals surface area contributed by atoms with E-state index in [-0.39, 0.29) is 43.0 Å². The number of nitrogens with zero attached hydrogens (tertiary/aromatic N) is 4. The van der Waals surface area contributed by atoms with Crippen LogP contribution in [0.4, 0.5) is 19.0 Å². The molecule has 3 N–H and O–H groups in total. The standard InChI is InChI=1S/C18H19F3N6O4S/c1-8-13(23-4-12(24-8)29-2)14(28)25-11-6-32-15(26-11)17-7-31-10(18(19,20)21)3-9(17)5-30-16(22)27-17/h4,6,9-10H,3,5,7H2,1-2H3,(H2,22,27)(H,25,28)/t9-,10+,17-/m0/s1. The van der Waals surface area contributed by atoms with E-state index in [4.69, 9.17) is 19.9 Å². The maximum Gasteiger partial charge on any atom is 0.414 e. The van der Waals surface area contributed by atoms with Gasteiger partial charge < -0.3 is 25.3 Å². The van der Waals surface area contributed by atoms with Crippen molar-refractivity contribution in [2.45, 2.75) is 31.2 Å². The Morgan fingerprint density at radius 2 is 2.19 bits per heavy atom. The Morgan fingerprint density at radius 1 is 1.41 bits per heavy atom. The number of hydrogen-bond donors (Lipinski definition) is 2. The number of methoxy groups -OCH3 is 1. The van der Waals surface area contributed by atoms with Gasteiger partial charge in [0.2, 0.25) is 5.88 Å². The number of halogens is 3. The van der Waals surface area contributed by atoms with E-state index in [9.17, 15) is 18.0 Å². The van der Waals surface area contributed by atoms with Gasteiger partial charge >= 0.3 is 6.18 Å². The van der Waals surface area contributed by atoms with E-state index in [2.05, 4.69) is 25.3 Å². The fourth-order valence-corrected chi connectivity index (χ4v) is 4.57. The molecule has 14 heteroatoms. The third-order valence-electron chi connectivity index (χ3n) is 5.25. The molecule has 0 aliphatic carbocycles. The Balaban J connectivity index is 1.57. The van der Waals surface area contributed by atoms with Crippen LogP contribution in [0.3, 0.4) is 0 Å². The monoisotopic (exact) mass is 472 g/mol. The number of rotatable bonds is 4. The molecule has 172 valence electrons. The van der Waals surface area contributed by atoms with Crippen molar-refractivity contribution in [1.29, 1.82) is 0 Å². The second kappa shape index (κ2) is 8.16. The Kier molecular flexibility index (Phi) is 5.67. The summed E-state index contributed by atoms with van der Waals surface area (Å²) in [6.45, 7) is 1.19. The summed E-state index contributed by atoms with van der Waals surface area (Å²) in [6.07, 6.45) is -5.46. The van der Waals surface area contributed by atoms with Crippen molar-refractivity contribution >= 4 is 29.1 Å². The van der Waals surface area contributed by atoms with E-state index >= 15 is 0 Å². The van der Waals surface area contributed by atoms with Gasteiger partial charge in [0.05, 0.1) is 32.2 Å². The highest BCUT2D eigenvalue weighted by atomic mass is 32.1.